The number of hydrogen-bond donors (Lipinski definition) is 2. The minimum absolute atomic E-state index is 0.0671. The van der Waals surface area contributed by atoms with Crippen molar-refractivity contribution in [3.8, 4) is 11.5 Å². The number of aromatic hydroxyl groups is 1. The minimum Gasteiger partial charge on any atom is -0.507 e. The van der Waals surface area contributed by atoms with E-state index in [1.165, 1.54) is 30.2 Å². The number of methoxy groups -OCH3 is 1. The number of amides is 1. The molecule has 20 heavy (non-hydrogen) atoms. The molecule has 1 aromatic rings. The maximum absolute atomic E-state index is 12.5. The monoisotopic (exact) mass is 279 g/mol. The smallest absolute Gasteiger partial charge is 0.326 e. The van der Waals surface area contributed by atoms with Crippen molar-refractivity contribution in [3.63, 3.8) is 0 Å². The van der Waals surface area contributed by atoms with Crippen molar-refractivity contribution in [1.29, 1.82) is 0 Å². The van der Waals surface area contributed by atoms with Crippen molar-refractivity contribution < 1.29 is 24.5 Å². The van der Waals surface area contributed by atoms with Crippen LogP contribution >= 0.6 is 0 Å². The number of aliphatic carboxylic acids is 1. The van der Waals surface area contributed by atoms with Crippen molar-refractivity contribution in [3.05, 3.63) is 23.8 Å². The second-order valence-corrected chi connectivity index (χ2v) is 4.73. The van der Waals surface area contributed by atoms with Crippen LogP contribution in [0.15, 0.2) is 18.2 Å². The van der Waals surface area contributed by atoms with Crippen LogP contribution in [0.3, 0.4) is 0 Å². The molecular weight excluding hydrogens is 262 g/mol. The molecule has 1 atom stereocenters. The first kappa shape index (κ1) is 14.2. The van der Waals surface area contributed by atoms with Crippen LogP contribution in [0.1, 0.15) is 29.6 Å². The van der Waals surface area contributed by atoms with Gasteiger partial charge < -0.3 is 19.8 Å². The molecule has 2 N–H and O–H groups in total. The Hall–Kier alpha value is -2.24. The fourth-order valence-electron chi connectivity index (χ4n) is 2.40. The fourth-order valence-corrected chi connectivity index (χ4v) is 2.40. The molecule has 0 aromatic heterocycles. The van der Waals surface area contributed by atoms with Crippen LogP contribution in [0.2, 0.25) is 0 Å². The number of phenolic OH excluding ortho intramolecular Hbond substituents is 1. The number of benzene rings is 1. The Morgan fingerprint density at radius 1 is 1.35 bits per heavy atom. The molecule has 1 saturated heterocycles. The molecule has 1 fully saturated rings. The summed E-state index contributed by atoms with van der Waals surface area (Å²) in [5.74, 6) is -1.23. The van der Waals surface area contributed by atoms with Gasteiger partial charge in [0.15, 0.2) is 0 Å². The van der Waals surface area contributed by atoms with Gasteiger partial charge in [-0.25, -0.2) is 4.79 Å². The van der Waals surface area contributed by atoms with Gasteiger partial charge in [0.2, 0.25) is 0 Å². The topological polar surface area (TPSA) is 87.1 Å². The van der Waals surface area contributed by atoms with Gasteiger partial charge >= 0.3 is 5.97 Å². The summed E-state index contributed by atoms with van der Waals surface area (Å²) in [6.45, 7) is 0.381. The SMILES string of the molecule is COc1ccc(O)c(C(=O)N2CCCC[C@@H]2C(=O)O)c1. The van der Waals surface area contributed by atoms with Crippen LogP contribution in [-0.4, -0.2) is 46.7 Å². The number of piperidine rings is 1. The first-order chi connectivity index (χ1) is 9.54. The van der Waals surface area contributed by atoms with E-state index < -0.39 is 17.9 Å². The van der Waals surface area contributed by atoms with Gasteiger partial charge in [-0.2, -0.15) is 0 Å². The molecule has 0 aliphatic carbocycles. The van der Waals surface area contributed by atoms with Crippen molar-refractivity contribution >= 4 is 11.9 Å². The number of phenols is 1. The molecule has 6 heteroatoms. The Balaban J connectivity index is 2.31. The van der Waals surface area contributed by atoms with Crippen molar-refractivity contribution in [2.45, 2.75) is 25.3 Å². The zero-order valence-electron chi connectivity index (χ0n) is 11.2. The number of nitrogens with zero attached hydrogens (tertiary/aromatic N) is 1. The number of rotatable bonds is 3. The maximum Gasteiger partial charge on any atom is 0.326 e. The van der Waals surface area contributed by atoms with Crippen LogP contribution in [0.5, 0.6) is 11.5 Å². The molecular formula is C14H17NO5. The third-order valence-corrected chi connectivity index (χ3v) is 3.48. The normalized spacial score (nSPS) is 18.6. The van der Waals surface area contributed by atoms with E-state index in [4.69, 9.17) is 4.74 Å². The summed E-state index contributed by atoms with van der Waals surface area (Å²) in [7, 11) is 1.46. The molecule has 1 amide bonds. The largest absolute Gasteiger partial charge is 0.507 e. The number of hydrogen-bond acceptors (Lipinski definition) is 4. The van der Waals surface area contributed by atoms with E-state index in [0.717, 1.165) is 12.8 Å². The summed E-state index contributed by atoms with van der Waals surface area (Å²) >= 11 is 0. The van der Waals surface area contributed by atoms with Crippen LogP contribution in [0.4, 0.5) is 0 Å². The Morgan fingerprint density at radius 3 is 2.75 bits per heavy atom. The lowest BCUT2D eigenvalue weighted by Crippen LogP contribution is -2.48. The summed E-state index contributed by atoms with van der Waals surface area (Å²) in [6, 6.07) is 3.50. The maximum atomic E-state index is 12.5. The predicted molar refractivity (Wildman–Crippen MR) is 71.0 cm³/mol. The highest BCUT2D eigenvalue weighted by atomic mass is 16.5. The van der Waals surface area contributed by atoms with E-state index in [9.17, 15) is 19.8 Å². The Bertz CT molecular complexity index is 528. The number of likely N-dealkylation sites (tertiary alicyclic amines) is 1. The third-order valence-electron chi connectivity index (χ3n) is 3.48. The molecule has 0 spiro atoms. The lowest BCUT2D eigenvalue weighted by atomic mass is 10.0. The molecule has 2 rings (SSSR count). The first-order valence-electron chi connectivity index (χ1n) is 6.45. The van der Waals surface area contributed by atoms with Crippen LogP contribution in [0, 0.1) is 0 Å². The Kier molecular flexibility index (Phi) is 4.12. The Labute approximate surface area is 116 Å². The van der Waals surface area contributed by atoms with E-state index in [-0.39, 0.29) is 11.3 Å². The highest BCUT2D eigenvalue weighted by Gasteiger charge is 2.33. The van der Waals surface area contributed by atoms with Crippen molar-refractivity contribution in [1.82, 2.24) is 4.90 Å². The summed E-state index contributed by atoms with van der Waals surface area (Å²) in [6.07, 6.45) is 1.98. The minimum atomic E-state index is -1.01. The van der Waals surface area contributed by atoms with Gasteiger partial charge in [0.05, 0.1) is 12.7 Å². The van der Waals surface area contributed by atoms with Gasteiger partial charge in [-0.05, 0) is 37.5 Å². The number of carbonyl (C=O) groups is 2. The number of carbonyl (C=O) groups excluding carboxylic acids is 1. The third kappa shape index (κ3) is 2.68. The van der Waals surface area contributed by atoms with Crippen LogP contribution in [0.25, 0.3) is 0 Å². The molecule has 0 radical (unpaired) electrons. The fraction of sp³-hybridized carbons (Fsp3) is 0.429. The summed E-state index contributed by atoms with van der Waals surface area (Å²) in [4.78, 5) is 25.0. The van der Waals surface area contributed by atoms with Crippen molar-refractivity contribution in [2.75, 3.05) is 13.7 Å². The lowest BCUT2D eigenvalue weighted by molar-refractivity contribution is -0.143. The number of carboxylic acid groups (broad SMARTS) is 1. The van der Waals surface area contributed by atoms with Gasteiger partial charge in [0.1, 0.15) is 17.5 Å². The van der Waals surface area contributed by atoms with Gasteiger partial charge in [-0.1, -0.05) is 0 Å². The van der Waals surface area contributed by atoms with Crippen molar-refractivity contribution in [2.24, 2.45) is 0 Å². The van der Waals surface area contributed by atoms with E-state index in [0.29, 0.717) is 18.7 Å². The Morgan fingerprint density at radius 2 is 2.10 bits per heavy atom. The molecule has 108 valence electrons. The van der Waals surface area contributed by atoms with E-state index in [2.05, 4.69) is 0 Å². The lowest BCUT2D eigenvalue weighted by Gasteiger charge is -2.33. The summed E-state index contributed by atoms with van der Waals surface area (Å²) < 4.78 is 5.02. The van der Waals surface area contributed by atoms with Gasteiger partial charge in [-0.15, -0.1) is 0 Å². The molecule has 0 bridgehead atoms. The zero-order chi connectivity index (χ0) is 14.7. The van der Waals surface area contributed by atoms with E-state index >= 15 is 0 Å². The second-order valence-electron chi connectivity index (χ2n) is 4.73. The molecule has 1 aliphatic rings. The quantitative estimate of drug-likeness (QED) is 0.875. The average Bonchev–Trinajstić information content (AvgIpc) is 2.47. The van der Waals surface area contributed by atoms with Gasteiger partial charge in [0.25, 0.3) is 5.91 Å². The predicted octanol–water partition coefficient (Wildman–Crippen LogP) is 1.48. The zero-order valence-corrected chi connectivity index (χ0v) is 11.2. The first-order valence-corrected chi connectivity index (χ1v) is 6.45. The summed E-state index contributed by atoms with van der Waals surface area (Å²) in [5, 5.41) is 19.0. The summed E-state index contributed by atoms with van der Waals surface area (Å²) in [5.41, 5.74) is 0.0671. The molecule has 1 heterocycles. The van der Waals surface area contributed by atoms with Gasteiger partial charge in [-0.3, -0.25) is 4.79 Å². The molecule has 0 unspecified atom stereocenters. The molecule has 6 nitrogen and oxygen atoms in total. The van der Waals surface area contributed by atoms with Crippen LogP contribution < -0.4 is 4.74 Å². The molecule has 1 aromatic carbocycles. The molecule has 0 saturated carbocycles. The standard InChI is InChI=1S/C14H17NO5/c1-20-9-5-6-12(16)10(8-9)13(17)15-7-3-2-4-11(15)14(18)19/h5-6,8,11,16H,2-4,7H2,1H3,(H,18,19)/t11-/m1/s1. The van der Waals surface area contributed by atoms with Crippen LogP contribution in [-0.2, 0) is 4.79 Å². The van der Waals surface area contributed by atoms with E-state index in [1.807, 2.05) is 0 Å². The highest BCUT2D eigenvalue weighted by molar-refractivity contribution is 5.99. The highest BCUT2D eigenvalue weighted by Crippen LogP contribution is 2.27. The van der Waals surface area contributed by atoms with E-state index in [1.54, 1.807) is 0 Å². The van der Waals surface area contributed by atoms with Gasteiger partial charge in [0, 0.05) is 6.54 Å². The molecule has 1 aliphatic heterocycles. The average molecular weight is 279 g/mol. The second kappa shape index (κ2) is 5.81. The number of ether oxygens (including phenoxy) is 1. The number of carboxylic acids is 1.